The predicted molar refractivity (Wildman–Crippen MR) is 109 cm³/mol. The SMILES string of the molecule is CCOC(=O)CCCCCCCCCCSc1ccc([N+](=O)[O-])c(C(=O)O)c1. The predicted octanol–water partition coefficient (Wildman–Crippen LogP) is 5.46. The van der Waals surface area contributed by atoms with E-state index in [0.29, 0.717) is 13.0 Å². The van der Waals surface area contributed by atoms with Gasteiger partial charge in [-0.05, 0) is 37.7 Å². The molecule has 1 N–H and O–H groups in total. The lowest BCUT2D eigenvalue weighted by atomic mass is 10.1. The lowest BCUT2D eigenvalue weighted by molar-refractivity contribution is -0.385. The molecule has 0 unspecified atom stereocenters. The Kier molecular flexibility index (Phi) is 12.0. The second-order valence-corrected chi connectivity index (χ2v) is 7.64. The molecule has 0 aliphatic rings. The van der Waals surface area contributed by atoms with Gasteiger partial charge in [0.2, 0.25) is 0 Å². The number of aromatic carboxylic acids is 1. The number of unbranched alkanes of at least 4 members (excludes halogenated alkanes) is 7. The summed E-state index contributed by atoms with van der Waals surface area (Å²) >= 11 is 1.52. The number of rotatable bonds is 15. The number of esters is 1. The summed E-state index contributed by atoms with van der Waals surface area (Å²) in [6.07, 6.45) is 9.21. The zero-order chi connectivity index (χ0) is 20.8. The largest absolute Gasteiger partial charge is 0.477 e. The normalized spacial score (nSPS) is 10.6. The third-order valence-electron chi connectivity index (χ3n) is 4.24. The van der Waals surface area contributed by atoms with Crippen LogP contribution in [0.3, 0.4) is 0 Å². The fourth-order valence-electron chi connectivity index (χ4n) is 2.79. The van der Waals surface area contributed by atoms with Gasteiger partial charge in [0.1, 0.15) is 5.56 Å². The van der Waals surface area contributed by atoms with Crippen LogP contribution >= 0.6 is 11.8 Å². The molecule has 0 bridgehead atoms. The Morgan fingerprint density at radius 2 is 1.68 bits per heavy atom. The second-order valence-electron chi connectivity index (χ2n) is 6.47. The Bertz CT molecular complexity index is 650. The van der Waals surface area contributed by atoms with Crippen molar-refractivity contribution in [2.24, 2.45) is 0 Å². The highest BCUT2D eigenvalue weighted by Crippen LogP contribution is 2.27. The lowest BCUT2D eigenvalue weighted by Crippen LogP contribution is -2.03. The van der Waals surface area contributed by atoms with E-state index >= 15 is 0 Å². The smallest absolute Gasteiger partial charge is 0.342 e. The van der Waals surface area contributed by atoms with Crippen molar-refractivity contribution < 1.29 is 24.4 Å². The summed E-state index contributed by atoms with van der Waals surface area (Å²) in [6, 6.07) is 4.24. The molecule has 0 atom stereocenters. The Balaban J connectivity index is 2.10. The zero-order valence-corrected chi connectivity index (χ0v) is 17.2. The van der Waals surface area contributed by atoms with Crippen LogP contribution < -0.4 is 0 Å². The van der Waals surface area contributed by atoms with Crippen LogP contribution in [0.25, 0.3) is 0 Å². The summed E-state index contributed by atoms with van der Waals surface area (Å²) in [5.74, 6) is -0.531. The van der Waals surface area contributed by atoms with Crippen LogP contribution in [0.15, 0.2) is 23.1 Å². The molecule has 28 heavy (non-hydrogen) atoms. The van der Waals surface area contributed by atoms with Gasteiger partial charge in [0.05, 0.1) is 11.5 Å². The quantitative estimate of drug-likeness (QED) is 0.134. The van der Waals surface area contributed by atoms with Gasteiger partial charge in [0.25, 0.3) is 5.69 Å². The molecule has 0 spiro atoms. The van der Waals surface area contributed by atoms with Crippen LogP contribution in [0.2, 0.25) is 0 Å². The van der Waals surface area contributed by atoms with Crippen LogP contribution in [-0.2, 0) is 9.53 Å². The molecule has 8 heteroatoms. The second kappa shape index (κ2) is 14.0. The zero-order valence-electron chi connectivity index (χ0n) is 16.4. The average molecular weight is 412 g/mol. The van der Waals surface area contributed by atoms with E-state index in [1.54, 1.807) is 6.07 Å². The first-order valence-electron chi connectivity index (χ1n) is 9.75. The maximum absolute atomic E-state index is 11.2. The van der Waals surface area contributed by atoms with Crippen molar-refractivity contribution in [3.05, 3.63) is 33.9 Å². The van der Waals surface area contributed by atoms with Crippen molar-refractivity contribution in [3.8, 4) is 0 Å². The van der Waals surface area contributed by atoms with E-state index in [1.165, 1.54) is 36.7 Å². The number of ether oxygens (including phenoxy) is 1. The highest BCUT2D eigenvalue weighted by molar-refractivity contribution is 7.99. The molecular formula is C20H29NO6S. The topological polar surface area (TPSA) is 107 Å². The minimum absolute atomic E-state index is 0.108. The van der Waals surface area contributed by atoms with E-state index < -0.39 is 10.9 Å². The molecule has 1 aromatic carbocycles. The number of nitro benzene ring substituents is 1. The maximum Gasteiger partial charge on any atom is 0.342 e. The molecule has 0 saturated carbocycles. The Hall–Kier alpha value is -2.09. The summed E-state index contributed by atoms with van der Waals surface area (Å²) in [4.78, 5) is 33.3. The average Bonchev–Trinajstić information content (AvgIpc) is 2.66. The summed E-state index contributed by atoms with van der Waals surface area (Å²) < 4.78 is 4.89. The van der Waals surface area contributed by atoms with Gasteiger partial charge in [-0.2, -0.15) is 0 Å². The van der Waals surface area contributed by atoms with Crippen molar-refractivity contribution in [1.82, 2.24) is 0 Å². The van der Waals surface area contributed by atoms with E-state index in [-0.39, 0.29) is 17.2 Å². The van der Waals surface area contributed by atoms with E-state index in [4.69, 9.17) is 9.84 Å². The molecular weight excluding hydrogens is 382 g/mol. The molecule has 0 heterocycles. The lowest BCUT2D eigenvalue weighted by Gasteiger charge is -2.05. The van der Waals surface area contributed by atoms with Gasteiger partial charge in [-0.1, -0.05) is 38.5 Å². The minimum Gasteiger partial charge on any atom is -0.477 e. The van der Waals surface area contributed by atoms with Gasteiger partial charge in [0.15, 0.2) is 0 Å². The molecule has 0 aliphatic carbocycles. The number of thioether (sulfide) groups is 1. The van der Waals surface area contributed by atoms with Crippen LogP contribution in [0.1, 0.15) is 75.1 Å². The van der Waals surface area contributed by atoms with E-state index in [0.717, 1.165) is 49.2 Å². The highest BCUT2D eigenvalue weighted by Gasteiger charge is 2.19. The number of carboxylic acids is 1. The molecule has 1 aromatic rings. The fourth-order valence-corrected chi connectivity index (χ4v) is 3.74. The van der Waals surface area contributed by atoms with Crippen molar-refractivity contribution in [2.75, 3.05) is 12.4 Å². The van der Waals surface area contributed by atoms with Gasteiger partial charge in [0, 0.05) is 17.4 Å². The molecule has 0 aliphatic heterocycles. The monoisotopic (exact) mass is 411 g/mol. The molecule has 156 valence electrons. The number of carbonyl (C=O) groups is 2. The molecule has 1 rings (SSSR count). The summed E-state index contributed by atoms with van der Waals surface area (Å²) in [6.45, 7) is 2.26. The van der Waals surface area contributed by atoms with Gasteiger partial charge < -0.3 is 9.84 Å². The van der Waals surface area contributed by atoms with Crippen molar-refractivity contribution in [3.63, 3.8) is 0 Å². The maximum atomic E-state index is 11.2. The van der Waals surface area contributed by atoms with E-state index in [1.807, 2.05) is 6.92 Å². The number of carboxylic acid groups (broad SMARTS) is 1. The third-order valence-corrected chi connectivity index (χ3v) is 5.32. The third kappa shape index (κ3) is 9.73. The van der Waals surface area contributed by atoms with Crippen molar-refractivity contribution >= 4 is 29.4 Å². The van der Waals surface area contributed by atoms with Crippen molar-refractivity contribution in [2.45, 2.75) is 69.6 Å². The number of hydrogen-bond acceptors (Lipinski definition) is 6. The number of benzene rings is 1. The number of carbonyl (C=O) groups excluding carboxylic acids is 1. The highest BCUT2D eigenvalue weighted by atomic mass is 32.2. The molecule has 0 fully saturated rings. The summed E-state index contributed by atoms with van der Waals surface area (Å²) in [5.41, 5.74) is -0.642. The number of hydrogen-bond donors (Lipinski definition) is 1. The first-order chi connectivity index (χ1) is 13.5. The van der Waals surface area contributed by atoms with Crippen molar-refractivity contribution in [1.29, 1.82) is 0 Å². The van der Waals surface area contributed by atoms with Gasteiger partial charge in [-0.3, -0.25) is 14.9 Å². The minimum atomic E-state index is -1.28. The van der Waals surface area contributed by atoms with Gasteiger partial charge >= 0.3 is 11.9 Å². The summed E-state index contributed by atoms with van der Waals surface area (Å²) in [7, 11) is 0. The van der Waals surface area contributed by atoms with Crippen LogP contribution in [0.5, 0.6) is 0 Å². The molecule has 0 saturated heterocycles. The number of nitro groups is 1. The molecule has 0 amide bonds. The number of nitrogens with zero attached hydrogens (tertiary/aromatic N) is 1. The van der Waals surface area contributed by atoms with Crippen LogP contribution in [-0.4, -0.2) is 34.3 Å². The molecule has 0 radical (unpaired) electrons. The first-order valence-corrected chi connectivity index (χ1v) is 10.7. The van der Waals surface area contributed by atoms with E-state index in [2.05, 4.69) is 0 Å². The summed E-state index contributed by atoms with van der Waals surface area (Å²) in [5, 5.41) is 20.0. The van der Waals surface area contributed by atoms with Crippen LogP contribution in [0, 0.1) is 10.1 Å². The van der Waals surface area contributed by atoms with E-state index in [9.17, 15) is 19.7 Å². The van der Waals surface area contributed by atoms with Gasteiger partial charge in [-0.25, -0.2) is 4.79 Å². The molecule has 7 nitrogen and oxygen atoms in total. The fraction of sp³-hybridized carbons (Fsp3) is 0.600. The Morgan fingerprint density at radius 1 is 1.07 bits per heavy atom. The van der Waals surface area contributed by atoms with Gasteiger partial charge in [-0.15, -0.1) is 11.8 Å². The standard InChI is InChI=1S/C20H29NO6S/c1-2-27-19(22)11-9-7-5-3-4-6-8-10-14-28-16-12-13-18(21(25)26)17(15-16)20(23)24/h12-13,15H,2-11,14H2,1H3,(H,23,24). The Morgan fingerprint density at radius 3 is 2.25 bits per heavy atom. The first kappa shape index (κ1) is 23.9. The Labute approximate surface area is 170 Å². The molecule has 0 aromatic heterocycles. The van der Waals surface area contributed by atoms with Crippen LogP contribution in [0.4, 0.5) is 5.69 Å².